The molecule has 2 fully saturated rings. The van der Waals surface area contributed by atoms with Gasteiger partial charge in [0.1, 0.15) is 5.75 Å². The van der Waals surface area contributed by atoms with Crippen LogP contribution in [0.25, 0.3) is 11.1 Å². The molecule has 0 bridgehead atoms. The Balaban J connectivity index is 1.24. The second-order valence-corrected chi connectivity index (χ2v) is 8.54. The van der Waals surface area contributed by atoms with Gasteiger partial charge in [-0.25, -0.2) is 0 Å². The molecule has 0 radical (unpaired) electrons. The van der Waals surface area contributed by atoms with Gasteiger partial charge in [-0.2, -0.15) is 5.10 Å². The molecule has 0 aliphatic carbocycles. The van der Waals surface area contributed by atoms with Crippen LogP contribution in [0.2, 0.25) is 0 Å². The summed E-state index contributed by atoms with van der Waals surface area (Å²) in [4.78, 5) is 30.1. The molecule has 7 nitrogen and oxygen atoms in total. The maximum atomic E-state index is 13.4. The van der Waals surface area contributed by atoms with Crippen molar-refractivity contribution < 1.29 is 14.3 Å². The third-order valence-corrected chi connectivity index (χ3v) is 6.87. The van der Waals surface area contributed by atoms with Gasteiger partial charge in [0.25, 0.3) is 5.91 Å². The number of H-pyrrole nitrogens is 1. The molecule has 3 heterocycles. The summed E-state index contributed by atoms with van der Waals surface area (Å²) in [7, 11) is 1.61. The Morgan fingerprint density at radius 2 is 1.66 bits per heavy atom. The number of amides is 2. The van der Waals surface area contributed by atoms with Crippen LogP contribution in [0.4, 0.5) is 5.69 Å². The number of likely N-dealkylation sites (tertiary alicyclic amines) is 1. The summed E-state index contributed by atoms with van der Waals surface area (Å²) < 4.78 is 5.17. The van der Waals surface area contributed by atoms with Gasteiger partial charge >= 0.3 is 0 Å². The summed E-state index contributed by atoms with van der Waals surface area (Å²) in [6, 6.07) is 15.2. The Morgan fingerprint density at radius 1 is 0.969 bits per heavy atom. The molecule has 2 amide bonds. The first-order valence-electron chi connectivity index (χ1n) is 10.9. The molecule has 5 rings (SSSR count). The Hall–Kier alpha value is -3.61. The van der Waals surface area contributed by atoms with Crippen molar-refractivity contribution in [1.29, 1.82) is 0 Å². The van der Waals surface area contributed by atoms with Gasteiger partial charge in [-0.05, 0) is 61.2 Å². The van der Waals surface area contributed by atoms with Gasteiger partial charge in [-0.1, -0.05) is 12.1 Å². The maximum absolute atomic E-state index is 13.4. The van der Waals surface area contributed by atoms with Crippen LogP contribution in [0.1, 0.15) is 29.6 Å². The number of carbonyl (C=O) groups is 2. The van der Waals surface area contributed by atoms with E-state index in [9.17, 15) is 9.59 Å². The van der Waals surface area contributed by atoms with Crippen LogP contribution in [0.15, 0.2) is 60.9 Å². The zero-order valence-electron chi connectivity index (χ0n) is 18.1. The zero-order chi connectivity index (χ0) is 22.1. The zero-order valence-corrected chi connectivity index (χ0v) is 18.1. The number of aromatic nitrogens is 2. The summed E-state index contributed by atoms with van der Waals surface area (Å²) in [5.41, 5.74) is 3.30. The molecule has 164 valence electrons. The first kappa shape index (κ1) is 20.3. The Kier molecular flexibility index (Phi) is 5.17. The molecule has 2 aliphatic rings. The number of hydrogen-bond acceptors (Lipinski definition) is 4. The molecule has 7 heteroatoms. The van der Waals surface area contributed by atoms with Crippen molar-refractivity contribution in [3.8, 4) is 16.9 Å². The minimum absolute atomic E-state index is 0.0136. The van der Waals surface area contributed by atoms with Crippen LogP contribution in [-0.4, -0.2) is 53.7 Å². The van der Waals surface area contributed by atoms with Gasteiger partial charge in [-0.15, -0.1) is 0 Å². The van der Waals surface area contributed by atoms with Crippen molar-refractivity contribution >= 4 is 17.5 Å². The molecule has 32 heavy (non-hydrogen) atoms. The lowest BCUT2D eigenvalue weighted by Crippen LogP contribution is -2.46. The summed E-state index contributed by atoms with van der Waals surface area (Å²) in [6.45, 7) is 1.92. The molecule has 0 saturated carbocycles. The van der Waals surface area contributed by atoms with E-state index in [0.717, 1.165) is 35.5 Å². The third kappa shape index (κ3) is 3.53. The Labute approximate surface area is 187 Å². The van der Waals surface area contributed by atoms with Crippen molar-refractivity contribution in [3.05, 3.63) is 66.5 Å². The molecule has 2 aliphatic heterocycles. The number of methoxy groups -OCH3 is 1. The third-order valence-electron chi connectivity index (χ3n) is 6.87. The first-order chi connectivity index (χ1) is 15.6. The van der Waals surface area contributed by atoms with E-state index in [0.29, 0.717) is 31.5 Å². The standard InChI is InChI=1S/C25H26N4O3/c1-32-22-8-4-19(5-9-22)23(30)28-13-10-25(11-14-28)12-15-29(24(25)31)21-6-2-18(3-7-21)20-16-26-27-17-20/h2-9,16-17H,10-15H2,1H3,(H,26,27). The molecule has 3 aromatic rings. The number of rotatable bonds is 4. The van der Waals surface area contributed by atoms with Crippen LogP contribution in [0.5, 0.6) is 5.75 Å². The highest BCUT2D eigenvalue weighted by atomic mass is 16.5. The van der Waals surface area contributed by atoms with Crippen LogP contribution < -0.4 is 9.64 Å². The number of carbonyl (C=O) groups excluding carboxylic acids is 2. The fraction of sp³-hybridized carbons (Fsp3) is 0.320. The summed E-state index contributed by atoms with van der Waals surface area (Å²) in [6.07, 6.45) is 5.88. The van der Waals surface area contributed by atoms with Crippen molar-refractivity contribution in [2.75, 3.05) is 31.6 Å². The van der Waals surface area contributed by atoms with E-state index in [1.54, 1.807) is 37.6 Å². The highest BCUT2D eigenvalue weighted by Gasteiger charge is 2.49. The van der Waals surface area contributed by atoms with Crippen LogP contribution in [0.3, 0.4) is 0 Å². The Bertz CT molecular complexity index is 1100. The molecule has 0 atom stereocenters. The summed E-state index contributed by atoms with van der Waals surface area (Å²) in [5, 5.41) is 6.81. The number of benzene rings is 2. The average Bonchev–Trinajstić information content (AvgIpc) is 3.49. The van der Waals surface area contributed by atoms with E-state index in [2.05, 4.69) is 10.2 Å². The predicted molar refractivity (Wildman–Crippen MR) is 122 cm³/mol. The lowest BCUT2D eigenvalue weighted by Gasteiger charge is -2.38. The number of nitrogens with zero attached hydrogens (tertiary/aromatic N) is 3. The largest absolute Gasteiger partial charge is 0.497 e. The van der Waals surface area contributed by atoms with Gasteiger partial charge in [0.15, 0.2) is 0 Å². The highest BCUT2D eigenvalue weighted by molar-refractivity contribution is 6.00. The van der Waals surface area contributed by atoms with Gasteiger partial charge in [0, 0.05) is 42.6 Å². The highest BCUT2D eigenvalue weighted by Crippen LogP contribution is 2.43. The quantitative estimate of drug-likeness (QED) is 0.684. The number of hydrogen-bond donors (Lipinski definition) is 1. The Morgan fingerprint density at radius 3 is 2.28 bits per heavy atom. The summed E-state index contributed by atoms with van der Waals surface area (Å²) >= 11 is 0. The topological polar surface area (TPSA) is 78.5 Å². The minimum Gasteiger partial charge on any atom is -0.497 e. The predicted octanol–water partition coefficient (Wildman–Crippen LogP) is 3.74. The lowest BCUT2D eigenvalue weighted by molar-refractivity contribution is -0.127. The first-order valence-corrected chi connectivity index (χ1v) is 10.9. The van der Waals surface area contributed by atoms with Crippen molar-refractivity contribution in [2.45, 2.75) is 19.3 Å². The lowest BCUT2D eigenvalue weighted by atomic mass is 9.77. The van der Waals surface area contributed by atoms with E-state index in [-0.39, 0.29) is 17.2 Å². The van der Waals surface area contributed by atoms with Crippen molar-refractivity contribution in [3.63, 3.8) is 0 Å². The van der Waals surface area contributed by atoms with Crippen molar-refractivity contribution in [1.82, 2.24) is 15.1 Å². The second-order valence-electron chi connectivity index (χ2n) is 8.54. The summed E-state index contributed by atoms with van der Waals surface area (Å²) in [5.74, 6) is 0.929. The number of piperidine rings is 1. The molecule has 2 saturated heterocycles. The number of anilines is 1. The van der Waals surface area contributed by atoms with Crippen LogP contribution in [0, 0.1) is 5.41 Å². The normalized spacial score (nSPS) is 17.7. The fourth-order valence-electron chi connectivity index (χ4n) is 4.83. The fourth-order valence-corrected chi connectivity index (χ4v) is 4.83. The van der Waals surface area contributed by atoms with E-state index in [1.807, 2.05) is 40.3 Å². The molecule has 1 spiro atoms. The monoisotopic (exact) mass is 430 g/mol. The van der Waals surface area contributed by atoms with Gasteiger partial charge in [-0.3, -0.25) is 14.7 Å². The molecule has 0 unspecified atom stereocenters. The second kappa shape index (κ2) is 8.15. The molecule has 1 N–H and O–H groups in total. The smallest absolute Gasteiger partial charge is 0.253 e. The number of nitrogens with one attached hydrogen (secondary N) is 1. The number of ether oxygens (including phenoxy) is 1. The van der Waals surface area contributed by atoms with Crippen LogP contribution >= 0.6 is 0 Å². The molecular weight excluding hydrogens is 404 g/mol. The van der Waals surface area contributed by atoms with E-state index in [1.165, 1.54) is 0 Å². The molecular formula is C25H26N4O3. The van der Waals surface area contributed by atoms with Gasteiger partial charge in [0.2, 0.25) is 5.91 Å². The van der Waals surface area contributed by atoms with E-state index in [4.69, 9.17) is 4.74 Å². The SMILES string of the molecule is COc1ccc(C(=O)N2CCC3(CC2)CCN(c2ccc(-c4cn[nH]c4)cc2)C3=O)cc1. The van der Waals surface area contributed by atoms with Crippen LogP contribution in [-0.2, 0) is 4.79 Å². The van der Waals surface area contributed by atoms with Gasteiger partial charge < -0.3 is 14.5 Å². The number of aromatic amines is 1. The van der Waals surface area contributed by atoms with E-state index >= 15 is 0 Å². The maximum Gasteiger partial charge on any atom is 0.253 e. The molecule has 1 aromatic heterocycles. The van der Waals surface area contributed by atoms with Gasteiger partial charge in [0.05, 0.1) is 18.7 Å². The van der Waals surface area contributed by atoms with Crippen molar-refractivity contribution in [2.24, 2.45) is 5.41 Å². The van der Waals surface area contributed by atoms with E-state index < -0.39 is 0 Å². The average molecular weight is 431 g/mol. The molecule has 2 aromatic carbocycles. The minimum atomic E-state index is -0.361.